The van der Waals surface area contributed by atoms with Gasteiger partial charge in [-0.2, -0.15) is 4.98 Å². The summed E-state index contributed by atoms with van der Waals surface area (Å²) in [5.74, 6) is 1.00. The highest BCUT2D eigenvalue weighted by Crippen LogP contribution is 2.28. The normalized spacial score (nSPS) is 11.1. The number of aromatic nitrogens is 3. The number of azo groups is 1. The molecule has 82 valence electrons. The third-order valence-electron chi connectivity index (χ3n) is 1.96. The van der Waals surface area contributed by atoms with Crippen LogP contribution in [0.3, 0.4) is 0 Å². The Morgan fingerprint density at radius 1 is 1.25 bits per heavy atom. The maximum atomic E-state index is 9.52. The zero-order valence-corrected chi connectivity index (χ0v) is 8.97. The quantitative estimate of drug-likeness (QED) is 0.758. The molecule has 0 bridgehead atoms. The second kappa shape index (κ2) is 4.09. The fourth-order valence-corrected chi connectivity index (χ4v) is 1.19. The molecule has 0 unspecified atom stereocenters. The van der Waals surface area contributed by atoms with E-state index in [2.05, 4.69) is 25.4 Å². The molecule has 0 saturated carbocycles. The summed E-state index contributed by atoms with van der Waals surface area (Å²) >= 11 is 0. The van der Waals surface area contributed by atoms with E-state index in [1.165, 1.54) is 0 Å². The number of benzene rings is 1. The summed E-state index contributed by atoms with van der Waals surface area (Å²) in [6, 6.07) is 5.11. The Balaban J connectivity index is 2.26. The predicted octanol–water partition coefficient (Wildman–Crippen LogP) is 2.54. The zero-order valence-electron chi connectivity index (χ0n) is 8.97. The number of aryl methyl sites for hydroxylation is 2. The number of phenols is 1. The van der Waals surface area contributed by atoms with Crippen molar-refractivity contribution in [2.45, 2.75) is 13.8 Å². The van der Waals surface area contributed by atoms with Crippen LogP contribution in [0.5, 0.6) is 5.75 Å². The molecule has 0 saturated heterocycles. The summed E-state index contributed by atoms with van der Waals surface area (Å²) in [7, 11) is 0. The maximum Gasteiger partial charge on any atom is 0.287 e. The van der Waals surface area contributed by atoms with E-state index in [4.69, 9.17) is 0 Å². The first-order chi connectivity index (χ1) is 7.65. The number of nitrogens with zero attached hydrogens (tertiary/aromatic N) is 4. The molecule has 1 aromatic heterocycles. The van der Waals surface area contributed by atoms with Gasteiger partial charge < -0.3 is 5.11 Å². The van der Waals surface area contributed by atoms with Crippen LogP contribution < -0.4 is 0 Å². The van der Waals surface area contributed by atoms with Gasteiger partial charge in [0.25, 0.3) is 5.95 Å². The standard InChI is InChI=1S/C10H11N5O/c1-6-3-4-9(16)8(5-6)13-15-10-11-7(2)12-14-10/h3-5,16H,1-2H3,(H,11,12,14). The molecule has 2 N–H and O–H groups in total. The van der Waals surface area contributed by atoms with Crippen molar-refractivity contribution >= 4 is 11.6 Å². The topological polar surface area (TPSA) is 86.5 Å². The molecular formula is C10H11N5O. The van der Waals surface area contributed by atoms with Gasteiger partial charge in [0.15, 0.2) is 0 Å². The van der Waals surface area contributed by atoms with Crippen LogP contribution in [-0.2, 0) is 0 Å². The van der Waals surface area contributed by atoms with Crippen LogP contribution in [0.1, 0.15) is 11.4 Å². The lowest BCUT2D eigenvalue weighted by Crippen LogP contribution is -1.72. The smallest absolute Gasteiger partial charge is 0.287 e. The highest BCUT2D eigenvalue weighted by atomic mass is 16.3. The van der Waals surface area contributed by atoms with E-state index >= 15 is 0 Å². The molecule has 0 atom stereocenters. The van der Waals surface area contributed by atoms with Crippen LogP contribution in [0, 0.1) is 13.8 Å². The van der Waals surface area contributed by atoms with Crippen LogP contribution in [-0.4, -0.2) is 20.3 Å². The molecule has 0 spiro atoms. The SMILES string of the molecule is Cc1ccc(O)c(N=Nc2n[nH]c(C)n2)c1. The number of rotatable bonds is 2. The fourth-order valence-electron chi connectivity index (χ4n) is 1.19. The molecule has 6 heteroatoms. The van der Waals surface area contributed by atoms with Crippen molar-refractivity contribution in [3.63, 3.8) is 0 Å². The lowest BCUT2D eigenvalue weighted by Gasteiger charge is -1.97. The molecule has 16 heavy (non-hydrogen) atoms. The Morgan fingerprint density at radius 2 is 2.06 bits per heavy atom. The van der Waals surface area contributed by atoms with Crippen LogP contribution in [0.25, 0.3) is 0 Å². The van der Waals surface area contributed by atoms with Crippen molar-refractivity contribution in [2.24, 2.45) is 10.2 Å². The molecule has 0 amide bonds. The van der Waals surface area contributed by atoms with Crippen molar-refractivity contribution < 1.29 is 5.11 Å². The highest BCUT2D eigenvalue weighted by Gasteiger charge is 2.01. The number of hydrogen-bond donors (Lipinski definition) is 2. The van der Waals surface area contributed by atoms with Crippen LogP contribution in [0.4, 0.5) is 11.6 Å². The lowest BCUT2D eigenvalue weighted by molar-refractivity contribution is 0.476. The Kier molecular flexibility index (Phi) is 2.63. The van der Waals surface area contributed by atoms with Crippen LogP contribution >= 0.6 is 0 Å². The molecule has 6 nitrogen and oxygen atoms in total. The fraction of sp³-hybridized carbons (Fsp3) is 0.200. The van der Waals surface area contributed by atoms with Gasteiger partial charge in [0.05, 0.1) is 0 Å². The molecule has 1 aromatic carbocycles. The maximum absolute atomic E-state index is 9.52. The van der Waals surface area contributed by atoms with Crippen molar-refractivity contribution in [2.75, 3.05) is 0 Å². The van der Waals surface area contributed by atoms with Gasteiger partial charge in [-0.1, -0.05) is 6.07 Å². The summed E-state index contributed by atoms with van der Waals surface area (Å²) in [5, 5.41) is 23.7. The molecule has 1 heterocycles. The van der Waals surface area contributed by atoms with Gasteiger partial charge in [0.2, 0.25) is 0 Å². The first-order valence-corrected chi connectivity index (χ1v) is 4.75. The van der Waals surface area contributed by atoms with Gasteiger partial charge in [0, 0.05) is 0 Å². The molecule has 0 aliphatic rings. The number of hydrogen-bond acceptors (Lipinski definition) is 5. The summed E-state index contributed by atoms with van der Waals surface area (Å²) < 4.78 is 0. The molecule has 0 fully saturated rings. The Labute approximate surface area is 92.1 Å². The van der Waals surface area contributed by atoms with E-state index in [-0.39, 0.29) is 11.7 Å². The minimum Gasteiger partial charge on any atom is -0.506 e. The first-order valence-electron chi connectivity index (χ1n) is 4.75. The second-order valence-electron chi connectivity index (χ2n) is 3.41. The highest BCUT2D eigenvalue weighted by molar-refractivity contribution is 5.52. The lowest BCUT2D eigenvalue weighted by atomic mass is 10.2. The van der Waals surface area contributed by atoms with Crippen LogP contribution in [0.2, 0.25) is 0 Å². The van der Waals surface area contributed by atoms with E-state index in [1.807, 2.05) is 6.92 Å². The summed E-state index contributed by atoms with van der Waals surface area (Å²) in [6.45, 7) is 3.69. The average Bonchev–Trinajstić information content (AvgIpc) is 2.66. The summed E-state index contributed by atoms with van der Waals surface area (Å²) in [6.07, 6.45) is 0. The Bertz CT molecular complexity index is 532. The zero-order chi connectivity index (χ0) is 11.5. The van der Waals surface area contributed by atoms with Gasteiger partial charge >= 0.3 is 0 Å². The predicted molar refractivity (Wildman–Crippen MR) is 58.1 cm³/mol. The number of aromatic hydroxyl groups is 1. The van der Waals surface area contributed by atoms with Gasteiger partial charge in [-0.15, -0.1) is 15.3 Å². The largest absolute Gasteiger partial charge is 0.506 e. The monoisotopic (exact) mass is 217 g/mol. The van der Waals surface area contributed by atoms with Crippen molar-refractivity contribution in [1.29, 1.82) is 0 Å². The number of aromatic amines is 1. The Hall–Kier alpha value is -2.24. The number of phenolic OH excluding ortho intramolecular Hbond substituents is 1. The molecule has 0 radical (unpaired) electrons. The first kappa shape index (κ1) is 10.3. The molecule has 0 aliphatic heterocycles. The van der Waals surface area contributed by atoms with Gasteiger partial charge in [-0.25, -0.2) is 0 Å². The van der Waals surface area contributed by atoms with E-state index < -0.39 is 0 Å². The van der Waals surface area contributed by atoms with Crippen molar-refractivity contribution in [3.8, 4) is 5.75 Å². The molecule has 2 rings (SSSR count). The number of H-pyrrole nitrogens is 1. The van der Waals surface area contributed by atoms with Gasteiger partial charge in [-0.3, -0.25) is 5.10 Å². The summed E-state index contributed by atoms with van der Waals surface area (Å²) in [4.78, 5) is 3.97. The van der Waals surface area contributed by atoms with Crippen LogP contribution in [0.15, 0.2) is 28.4 Å². The molecule has 2 aromatic rings. The van der Waals surface area contributed by atoms with Crippen molar-refractivity contribution in [1.82, 2.24) is 15.2 Å². The van der Waals surface area contributed by atoms with E-state index in [0.717, 1.165) is 5.56 Å². The third kappa shape index (κ3) is 2.22. The molecule has 0 aliphatic carbocycles. The van der Waals surface area contributed by atoms with Gasteiger partial charge in [0.1, 0.15) is 17.3 Å². The van der Waals surface area contributed by atoms with E-state index in [9.17, 15) is 5.11 Å². The Morgan fingerprint density at radius 3 is 2.75 bits per heavy atom. The second-order valence-corrected chi connectivity index (χ2v) is 3.41. The van der Waals surface area contributed by atoms with E-state index in [0.29, 0.717) is 11.5 Å². The summed E-state index contributed by atoms with van der Waals surface area (Å²) in [5.41, 5.74) is 1.40. The molecular weight excluding hydrogens is 206 g/mol. The van der Waals surface area contributed by atoms with E-state index in [1.54, 1.807) is 25.1 Å². The minimum atomic E-state index is 0.0848. The third-order valence-corrected chi connectivity index (χ3v) is 1.96. The van der Waals surface area contributed by atoms with Crippen molar-refractivity contribution in [3.05, 3.63) is 29.6 Å². The number of nitrogens with one attached hydrogen (secondary N) is 1. The average molecular weight is 217 g/mol. The van der Waals surface area contributed by atoms with Gasteiger partial charge in [-0.05, 0) is 31.5 Å². The minimum absolute atomic E-state index is 0.0848.